The Balaban J connectivity index is 0.000000631. The number of hydrogen-bond acceptors (Lipinski definition) is 4. The van der Waals surface area contributed by atoms with E-state index in [-0.39, 0.29) is 5.84 Å². The standard InChI is InChI=1S/C9H17N3O2.C2H4O2/c1-8(2,3)14-7(13)12-9(4-5-9)6(10)11;1-2(3)4/h4-5H2,1-3H3,(H3,10,11)(H,12,13);1H3,(H,3,4). The van der Waals surface area contributed by atoms with Crippen LogP contribution < -0.4 is 11.1 Å². The molecule has 0 saturated heterocycles. The van der Waals surface area contributed by atoms with E-state index in [2.05, 4.69) is 5.32 Å². The number of carboxylic acids is 1. The molecule has 0 spiro atoms. The molecule has 0 radical (unpaired) electrons. The Morgan fingerprint density at radius 2 is 1.78 bits per heavy atom. The third-order valence-electron chi connectivity index (χ3n) is 2.01. The molecule has 0 aromatic carbocycles. The molecule has 0 heterocycles. The highest BCUT2D eigenvalue weighted by Gasteiger charge is 2.48. The van der Waals surface area contributed by atoms with Crippen molar-refractivity contribution < 1.29 is 19.4 Å². The van der Waals surface area contributed by atoms with E-state index < -0.39 is 23.2 Å². The lowest BCUT2D eigenvalue weighted by Gasteiger charge is -2.22. The second kappa shape index (κ2) is 5.70. The van der Waals surface area contributed by atoms with Crippen LogP contribution in [-0.4, -0.2) is 34.1 Å². The summed E-state index contributed by atoms with van der Waals surface area (Å²) in [4.78, 5) is 20.3. The maximum Gasteiger partial charge on any atom is 0.408 e. The van der Waals surface area contributed by atoms with Crippen LogP contribution in [0.15, 0.2) is 0 Å². The van der Waals surface area contributed by atoms with Gasteiger partial charge in [-0.15, -0.1) is 0 Å². The first-order chi connectivity index (χ1) is 7.98. The largest absolute Gasteiger partial charge is 0.481 e. The number of carbonyl (C=O) groups excluding carboxylic acids is 1. The van der Waals surface area contributed by atoms with Crippen LogP contribution in [0.4, 0.5) is 4.79 Å². The van der Waals surface area contributed by atoms with Crippen LogP contribution in [0.3, 0.4) is 0 Å². The summed E-state index contributed by atoms with van der Waals surface area (Å²) in [6.45, 7) is 6.46. The number of alkyl carbamates (subject to hydrolysis) is 1. The summed E-state index contributed by atoms with van der Waals surface area (Å²) in [6.07, 6.45) is 0.938. The topological polar surface area (TPSA) is 125 Å². The zero-order valence-electron chi connectivity index (χ0n) is 11.2. The van der Waals surface area contributed by atoms with Crippen molar-refractivity contribution in [3.63, 3.8) is 0 Å². The second-order valence-corrected chi connectivity index (χ2v) is 5.14. The van der Waals surface area contributed by atoms with Crippen molar-refractivity contribution in [1.29, 1.82) is 5.41 Å². The van der Waals surface area contributed by atoms with Crippen LogP contribution in [0.25, 0.3) is 0 Å². The third kappa shape index (κ3) is 6.72. The summed E-state index contributed by atoms with van der Waals surface area (Å²) in [7, 11) is 0. The van der Waals surface area contributed by atoms with Crippen LogP contribution in [0, 0.1) is 5.41 Å². The predicted octanol–water partition coefficient (Wildman–Crippen LogP) is 1.07. The maximum atomic E-state index is 11.3. The predicted molar refractivity (Wildman–Crippen MR) is 66.6 cm³/mol. The number of ether oxygens (including phenoxy) is 1. The Kier molecular flexibility index (Phi) is 5.13. The Labute approximate surface area is 106 Å². The summed E-state index contributed by atoms with van der Waals surface area (Å²) >= 11 is 0. The van der Waals surface area contributed by atoms with E-state index in [9.17, 15) is 4.79 Å². The summed E-state index contributed by atoms with van der Waals surface area (Å²) in [6, 6.07) is 0. The van der Waals surface area contributed by atoms with Gasteiger partial charge in [0, 0.05) is 6.92 Å². The third-order valence-corrected chi connectivity index (χ3v) is 2.01. The van der Waals surface area contributed by atoms with Crippen LogP contribution in [0.5, 0.6) is 0 Å². The molecule has 0 aromatic heterocycles. The number of aliphatic carboxylic acids is 1. The fourth-order valence-electron chi connectivity index (χ4n) is 1.09. The summed E-state index contributed by atoms with van der Waals surface area (Å²) < 4.78 is 5.06. The van der Waals surface area contributed by atoms with E-state index >= 15 is 0 Å². The lowest BCUT2D eigenvalue weighted by molar-refractivity contribution is -0.134. The minimum Gasteiger partial charge on any atom is -0.481 e. The molecule has 7 nitrogen and oxygen atoms in total. The first-order valence-electron chi connectivity index (χ1n) is 5.54. The molecule has 1 saturated carbocycles. The maximum absolute atomic E-state index is 11.3. The highest BCUT2D eigenvalue weighted by atomic mass is 16.6. The van der Waals surface area contributed by atoms with E-state index in [1.165, 1.54) is 0 Å². The van der Waals surface area contributed by atoms with Crippen molar-refractivity contribution in [2.45, 2.75) is 51.7 Å². The molecule has 104 valence electrons. The number of amidine groups is 1. The molecule has 0 aromatic rings. The molecule has 0 aliphatic heterocycles. The van der Waals surface area contributed by atoms with Gasteiger partial charge in [-0.2, -0.15) is 0 Å². The minimum atomic E-state index is -0.833. The number of hydrogen-bond donors (Lipinski definition) is 4. The zero-order valence-corrected chi connectivity index (χ0v) is 11.2. The van der Waals surface area contributed by atoms with Crippen molar-refractivity contribution in [1.82, 2.24) is 5.32 Å². The van der Waals surface area contributed by atoms with Crippen molar-refractivity contribution in [2.75, 3.05) is 0 Å². The van der Waals surface area contributed by atoms with Crippen LogP contribution >= 0.6 is 0 Å². The number of rotatable bonds is 2. The van der Waals surface area contributed by atoms with Gasteiger partial charge in [0.15, 0.2) is 0 Å². The Hall–Kier alpha value is -1.79. The first kappa shape index (κ1) is 16.2. The van der Waals surface area contributed by atoms with Gasteiger partial charge < -0.3 is 20.9 Å². The van der Waals surface area contributed by atoms with Gasteiger partial charge >= 0.3 is 6.09 Å². The van der Waals surface area contributed by atoms with E-state index in [1.54, 1.807) is 20.8 Å². The fraction of sp³-hybridized carbons (Fsp3) is 0.727. The Bertz CT molecular complexity index is 339. The van der Waals surface area contributed by atoms with Crippen molar-refractivity contribution in [2.24, 2.45) is 5.73 Å². The van der Waals surface area contributed by atoms with Crippen LogP contribution in [0.2, 0.25) is 0 Å². The quantitative estimate of drug-likeness (QED) is 0.436. The number of nitrogens with two attached hydrogens (primary N) is 1. The van der Waals surface area contributed by atoms with E-state index in [4.69, 9.17) is 25.8 Å². The van der Waals surface area contributed by atoms with Gasteiger partial charge in [-0.1, -0.05) is 0 Å². The highest BCUT2D eigenvalue weighted by Crippen LogP contribution is 2.35. The number of amides is 1. The van der Waals surface area contributed by atoms with Crippen LogP contribution in [-0.2, 0) is 9.53 Å². The number of carbonyl (C=O) groups is 2. The van der Waals surface area contributed by atoms with Gasteiger partial charge in [0.1, 0.15) is 17.0 Å². The molecule has 1 aliphatic carbocycles. The second-order valence-electron chi connectivity index (χ2n) is 5.14. The molecule has 7 heteroatoms. The molecule has 1 aliphatic rings. The molecular formula is C11H21N3O4. The van der Waals surface area contributed by atoms with E-state index in [0.717, 1.165) is 19.8 Å². The lowest BCUT2D eigenvalue weighted by atomic mass is 10.2. The lowest BCUT2D eigenvalue weighted by Crippen LogP contribution is -2.48. The number of carboxylic acid groups (broad SMARTS) is 1. The van der Waals surface area contributed by atoms with E-state index in [0.29, 0.717) is 0 Å². The van der Waals surface area contributed by atoms with Gasteiger partial charge in [0.2, 0.25) is 0 Å². The molecule has 1 fully saturated rings. The SMILES string of the molecule is CC(=O)O.CC(C)(C)OC(=O)NC1(C(=N)N)CC1. The highest BCUT2D eigenvalue weighted by molar-refractivity contribution is 5.93. The van der Waals surface area contributed by atoms with Gasteiger partial charge in [-0.3, -0.25) is 10.2 Å². The summed E-state index contributed by atoms with van der Waals surface area (Å²) in [5.41, 5.74) is 4.22. The minimum absolute atomic E-state index is 0.00311. The number of nitrogens with one attached hydrogen (secondary N) is 2. The first-order valence-corrected chi connectivity index (χ1v) is 5.54. The summed E-state index contributed by atoms with van der Waals surface area (Å²) in [5, 5.41) is 17.3. The van der Waals surface area contributed by atoms with Gasteiger partial charge in [-0.05, 0) is 33.6 Å². The van der Waals surface area contributed by atoms with Crippen molar-refractivity contribution in [3.05, 3.63) is 0 Å². The normalized spacial score (nSPS) is 15.8. The van der Waals surface area contributed by atoms with Crippen molar-refractivity contribution in [3.8, 4) is 0 Å². The smallest absolute Gasteiger partial charge is 0.408 e. The van der Waals surface area contributed by atoms with Crippen LogP contribution in [0.1, 0.15) is 40.5 Å². The fourth-order valence-corrected chi connectivity index (χ4v) is 1.09. The monoisotopic (exact) mass is 259 g/mol. The Morgan fingerprint density at radius 1 is 1.39 bits per heavy atom. The van der Waals surface area contributed by atoms with Gasteiger partial charge in [0.05, 0.1) is 0 Å². The Morgan fingerprint density at radius 3 is 2.00 bits per heavy atom. The molecule has 5 N–H and O–H groups in total. The summed E-state index contributed by atoms with van der Waals surface area (Å²) in [5.74, 6) is -0.830. The molecule has 18 heavy (non-hydrogen) atoms. The zero-order chi connectivity index (χ0) is 14.6. The molecule has 0 bridgehead atoms. The molecule has 0 unspecified atom stereocenters. The van der Waals surface area contributed by atoms with Gasteiger partial charge in [-0.25, -0.2) is 4.79 Å². The molecule has 1 rings (SSSR count). The average Bonchev–Trinajstić information content (AvgIpc) is 2.79. The van der Waals surface area contributed by atoms with Crippen molar-refractivity contribution >= 4 is 17.9 Å². The molecule has 1 amide bonds. The van der Waals surface area contributed by atoms with E-state index in [1.807, 2.05) is 0 Å². The molecule has 0 atom stereocenters. The molecular weight excluding hydrogens is 238 g/mol. The van der Waals surface area contributed by atoms with Gasteiger partial charge in [0.25, 0.3) is 5.97 Å². The average molecular weight is 259 g/mol.